The molecule has 0 saturated heterocycles. The van der Waals surface area contributed by atoms with Crippen LogP contribution in [0.1, 0.15) is 20.3 Å². The summed E-state index contributed by atoms with van der Waals surface area (Å²) >= 11 is 0. The van der Waals surface area contributed by atoms with Gasteiger partial charge in [0.1, 0.15) is 5.75 Å². The van der Waals surface area contributed by atoms with Crippen LogP contribution in [0.2, 0.25) is 0 Å². The van der Waals surface area contributed by atoms with Crippen molar-refractivity contribution >= 4 is 5.97 Å². The highest BCUT2D eigenvalue weighted by molar-refractivity contribution is 5.71. The van der Waals surface area contributed by atoms with E-state index in [0.717, 1.165) is 0 Å². The molecule has 0 spiro atoms. The number of aliphatic hydroxyl groups excluding tert-OH is 1. The molecule has 20 heavy (non-hydrogen) atoms. The van der Waals surface area contributed by atoms with E-state index in [2.05, 4.69) is 0 Å². The number of hydrogen-bond acceptors (Lipinski definition) is 3. The van der Waals surface area contributed by atoms with Crippen molar-refractivity contribution in [2.45, 2.75) is 20.3 Å². The lowest BCUT2D eigenvalue weighted by molar-refractivity contribution is -0.134. The number of hydrogen-bond donors (Lipinski definition) is 1. The Morgan fingerprint density at radius 2 is 1.25 bits per heavy atom. The predicted molar refractivity (Wildman–Crippen MR) is 81.6 cm³/mol. The van der Waals surface area contributed by atoms with Crippen LogP contribution >= 0.6 is 0 Å². The number of ether oxygens (including phenoxy) is 1. The third-order valence-electron chi connectivity index (χ3n) is 1.93. The first kappa shape index (κ1) is 17.9. The monoisotopic (exact) mass is 274 g/mol. The Labute approximate surface area is 120 Å². The summed E-state index contributed by atoms with van der Waals surface area (Å²) in [7, 11) is 0. The van der Waals surface area contributed by atoms with Crippen LogP contribution in [0.3, 0.4) is 0 Å². The molecule has 0 aromatic heterocycles. The van der Waals surface area contributed by atoms with Gasteiger partial charge in [0.2, 0.25) is 0 Å². The molecule has 2 rings (SSSR count). The molecule has 0 bridgehead atoms. The quantitative estimate of drug-likeness (QED) is 0.671. The van der Waals surface area contributed by atoms with Gasteiger partial charge in [-0.15, -0.1) is 0 Å². The Kier molecular flexibility index (Phi) is 11.9. The van der Waals surface area contributed by atoms with E-state index in [1.54, 1.807) is 26.0 Å². The highest BCUT2D eigenvalue weighted by Gasteiger charge is 1.98. The molecule has 3 heteroatoms. The standard InChI is InChI=1S/C9H10O2.C6H6.C2H6O/c1-2-9(10)11-8-6-4-3-5-7-8;1-2-4-6-5-3-1;1-2-3/h3-7H,2H2,1H3;1-6H;3H,2H2,1H3. The summed E-state index contributed by atoms with van der Waals surface area (Å²) in [5.74, 6) is 0.413. The molecule has 0 aliphatic carbocycles. The second-order valence-corrected chi connectivity index (χ2v) is 3.61. The Hall–Kier alpha value is -2.13. The molecule has 1 N–H and O–H groups in total. The molecule has 2 aromatic carbocycles. The molecule has 0 saturated carbocycles. The fourth-order valence-corrected chi connectivity index (χ4v) is 1.08. The average molecular weight is 274 g/mol. The zero-order chi connectivity index (χ0) is 15.1. The maximum Gasteiger partial charge on any atom is 0.310 e. The summed E-state index contributed by atoms with van der Waals surface area (Å²) in [6.45, 7) is 3.70. The van der Waals surface area contributed by atoms with E-state index >= 15 is 0 Å². The number of esters is 1. The minimum atomic E-state index is -0.198. The van der Waals surface area contributed by atoms with E-state index in [1.165, 1.54) is 0 Å². The normalized spacial score (nSPS) is 8.35. The van der Waals surface area contributed by atoms with Crippen molar-refractivity contribution in [1.82, 2.24) is 0 Å². The topological polar surface area (TPSA) is 46.5 Å². The highest BCUT2D eigenvalue weighted by Crippen LogP contribution is 2.08. The van der Waals surface area contributed by atoms with E-state index in [-0.39, 0.29) is 12.6 Å². The minimum absolute atomic E-state index is 0.198. The van der Waals surface area contributed by atoms with Gasteiger partial charge in [0.05, 0.1) is 0 Å². The number of para-hydroxylation sites is 1. The second kappa shape index (κ2) is 13.3. The van der Waals surface area contributed by atoms with Crippen LogP contribution in [-0.4, -0.2) is 17.7 Å². The minimum Gasteiger partial charge on any atom is -0.427 e. The Balaban J connectivity index is 0.000000336. The van der Waals surface area contributed by atoms with Gasteiger partial charge in [-0.2, -0.15) is 0 Å². The van der Waals surface area contributed by atoms with Crippen LogP contribution in [0.25, 0.3) is 0 Å². The molecule has 0 heterocycles. The third kappa shape index (κ3) is 11.0. The van der Waals surface area contributed by atoms with E-state index < -0.39 is 0 Å². The molecule has 3 nitrogen and oxygen atoms in total. The van der Waals surface area contributed by atoms with Crippen LogP contribution in [0, 0.1) is 0 Å². The molecule has 2 aromatic rings. The third-order valence-corrected chi connectivity index (χ3v) is 1.93. The first-order chi connectivity index (χ1) is 9.74. The maximum absolute atomic E-state index is 10.8. The van der Waals surface area contributed by atoms with Crippen molar-refractivity contribution in [2.75, 3.05) is 6.61 Å². The fraction of sp³-hybridized carbons (Fsp3) is 0.235. The summed E-state index contributed by atoms with van der Waals surface area (Å²) in [5, 5.41) is 7.57. The molecule has 0 fully saturated rings. The maximum atomic E-state index is 10.8. The van der Waals surface area contributed by atoms with Gasteiger partial charge in [-0.25, -0.2) is 0 Å². The number of rotatable bonds is 2. The molecular weight excluding hydrogens is 252 g/mol. The van der Waals surface area contributed by atoms with Crippen molar-refractivity contribution in [3.05, 3.63) is 66.7 Å². The van der Waals surface area contributed by atoms with Crippen molar-refractivity contribution in [1.29, 1.82) is 0 Å². The number of benzene rings is 2. The lowest BCUT2D eigenvalue weighted by Gasteiger charge is -1.99. The summed E-state index contributed by atoms with van der Waals surface area (Å²) in [6.07, 6.45) is 0.412. The summed E-state index contributed by atoms with van der Waals surface area (Å²) in [6, 6.07) is 21.1. The summed E-state index contributed by atoms with van der Waals surface area (Å²) in [5.41, 5.74) is 0. The van der Waals surface area contributed by atoms with Gasteiger partial charge in [-0.1, -0.05) is 61.5 Å². The summed E-state index contributed by atoms with van der Waals surface area (Å²) < 4.78 is 4.92. The summed E-state index contributed by atoms with van der Waals surface area (Å²) in [4.78, 5) is 10.8. The van der Waals surface area contributed by atoms with Crippen LogP contribution < -0.4 is 4.74 Å². The SMILES string of the molecule is CCC(=O)Oc1ccccc1.CCO.c1ccccc1. The van der Waals surface area contributed by atoms with Gasteiger partial charge < -0.3 is 9.84 Å². The van der Waals surface area contributed by atoms with Crippen LogP contribution in [0.4, 0.5) is 0 Å². The van der Waals surface area contributed by atoms with Crippen molar-refractivity contribution in [3.63, 3.8) is 0 Å². The Morgan fingerprint density at radius 3 is 1.60 bits per heavy atom. The highest BCUT2D eigenvalue weighted by atomic mass is 16.5. The fourth-order valence-electron chi connectivity index (χ4n) is 1.08. The van der Waals surface area contributed by atoms with Crippen LogP contribution in [0.5, 0.6) is 5.75 Å². The first-order valence-corrected chi connectivity index (χ1v) is 6.61. The lowest BCUT2D eigenvalue weighted by Crippen LogP contribution is -2.04. The Bertz CT molecular complexity index is 400. The molecule has 0 aliphatic rings. The first-order valence-electron chi connectivity index (χ1n) is 6.61. The van der Waals surface area contributed by atoms with Crippen molar-refractivity contribution in [2.24, 2.45) is 0 Å². The molecular formula is C17H22O3. The lowest BCUT2D eigenvalue weighted by atomic mass is 10.3. The van der Waals surface area contributed by atoms with E-state index in [4.69, 9.17) is 9.84 Å². The van der Waals surface area contributed by atoms with Gasteiger partial charge >= 0.3 is 5.97 Å². The van der Waals surface area contributed by atoms with Gasteiger partial charge in [-0.05, 0) is 19.1 Å². The van der Waals surface area contributed by atoms with Gasteiger partial charge in [0.25, 0.3) is 0 Å². The second-order valence-electron chi connectivity index (χ2n) is 3.61. The van der Waals surface area contributed by atoms with Gasteiger partial charge in [0.15, 0.2) is 0 Å². The van der Waals surface area contributed by atoms with Crippen LogP contribution in [-0.2, 0) is 4.79 Å². The number of aliphatic hydroxyl groups is 1. The van der Waals surface area contributed by atoms with Gasteiger partial charge in [-0.3, -0.25) is 4.79 Å². The zero-order valence-electron chi connectivity index (χ0n) is 12.0. The molecule has 0 amide bonds. The van der Waals surface area contributed by atoms with E-state index in [1.807, 2.05) is 54.6 Å². The van der Waals surface area contributed by atoms with E-state index in [9.17, 15) is 4.79 Å². The van der Waals surface area contributed by atoms with Crippen LogP contribution in [0.15, 0.2) is 66.7 Å². The average Bonchev–Trinajstić information content (AvgIpc) is 2.51. The molecule has 0 unspecified atom stereocenters. The largest absolute Gasteiger partial charge is 0.427 e. The smallest absolute Gasteiger partial charge is 0.310 e. The number of carbonyl (C=O) groups is 1. The number of carbonyl (C=O) groups excluding carboxylic acids is 1. The molecule has 0 aliphatic heterocycles. The molecule has 108 valence electrons. The molecule has 0 atom stereocenters. The zero-order valence-corrected chi connectivity index (χ0v) is 12.0. The predicted octanol–water partition coefficient (Wildman–Crippen LogP) is 3.69. The Morgan fingerprint density at radius 1 is 0.900 bits per heavy atom. The van der Waals surface area contributed by atoms with Crippen molar-refractivity contribution in [3.8, 4) is 5.75 Å². The van der Waals surface area contributed by atoms with Crippen molar-refractivity contribution < 1.29 is 14.6 Å². The van der Waals surface area contributed by atoms with E-state index in [0.29, 0.717) is 12.2 Å². The van der Waals surface area contributed by atoms with Gasteiger partial charge in [0, 0.05) is 13.0 Å². The molecule has 0 radical (unpaired) electrons.